The fourth-order valence-electron chi connectivity index (χ4n) is 2.54. The number of aromatic nitrogens is 2. The SMILES string of the molecule is CC(Nc1cc(C)nn1-c1c(Cl)cc(Cl)cc1Cl)=C1CCOC1=O. The molecule has 0 atom stereocenters. The number of rotatable bonds is 3. The summed E-state index contributed by atoms with van der Waals surface area (Å²) >= 11 is 18.6. The number of halogens is 3. The van der Waals surface area contributed by atoms with E-state index in [9.17, 15) is 4.79 Å². The van der Waals surface area contributed by atoms with Crippen LogP contribution in [0, 0.1) is 6.92 Å². The molecule has 0 unspecified atom stereocenters. The summed E-state index contributed by atoms with van der Waals surface area (Å²) in [6.45, 7) is 4.08. The van der Waals surface area contributed by atoms with E-state index in [1.165, 1.54) is 0 Å². The number of nitrogens with one attached hydrogen (secondary N) is 1. The predicted octanol–water partition coefficient (Wildman–Crippen LogP) is 4.77. The van der Waals surface area contributed by atoms with Gasteiger partial charge in [0.15, 0.2) is 0 Å². The first-order chi connectivity index (χ1) is 11.4. The highest BCUT2D eigenvalue weighted by molar-refractivity contribution is 6.40. The van der Waals surface area contributed by atoms with Gasteiger partial charge in [-0.3, -0.25) is 0 Å². The van der Waals surface area contributed by atoms with Crippen molar-refractivity contribution in [2.24, 2.45) is 0 Å². The number of nitrogens with zero attached hydrogens (tertiary/aromatic N) is 2. The molecule has 1 aromatic carbocycles. The molecule has 0 radical (unpaired) electrons. The summed E-state index contributed by atoms with van der Waals surface area (Å²) < 4.78 is 6.58. The summed E-state index contributed by atoms with van der Waals surface area (Å²) in [7, 11) is 0. The van der Waals surface area contributed by atoms with Crippen molar-refractivity contribution in [3.05, 3.63) is 50.2 Å². The second kappa shape index (κ2) is 6.67. The summed E-state index contributed by atoms with van der Waals surface area (Å²) in [6.07, 6.45) is 0.577. The number of allylic oxidation sites excluding steroid dienone is 1. The number of hydrogen-bond acceptors (Lipinski definition) is 4. The summed E-state index contributed by atoms with van der Waals surface area (Å²) in [5, 5.41) is 8.84. The van der Waals surface area contributed by atoms with Gasteiger partial charge in [0.2, 0.25) is 0 Å². The van der Waals surface area contributed by atoms with Crippen molar-refractivity contribution >= 4 is 46.6 Å². The molecule has 2 heterocycles. The molecule has 0 bridgehead atoms. The van der Waals surface area contributed by atoms with Gasteiger partial charge in [-0.1, -0.05) is 34.8 Å². The lowest BCUT2D eigenvalue weighted by Crippen LogP contribution is -2.09. The highest BCUT2D eigenvalue weighted by Gasteiger charge is 2.22. The van der Waals surface area contributed by atoms with E-state index in [2.05, 4.69) is 10.4 Å². The van der Waals surface area contributed by atoms with Crippen LogP contribution in [0.4, 0.5) is 5.82 Å². The second-order valence-corrected chi connectivity index (χ2v) is 6.67. The maximum Gasteiger partial charge on any atom is 0.335 e. The Balaban J connectivity index is 2.05. The van der Waals surface area contributed by atoms with E-state index in [1.807, 2.05) is 19.9 Å². The van der Waals surface area contributed by atoms with Gasteiger partial charge in [0.05, 0.1) is 27.9 Å². The number of ether oxygens (including phenoxy) is 1. The Hall–Kier alpha value is -1.69. The third-order valence-corrected chi connectivity index (χ3v) is 4.42. The van der Waals surface area contributed by atoms with Crippen LogP contribution in [0.5, 0.6) is 0 Å². The lowest BCUT2D eigenvalue weighted by atomic mass is 10.2. The Labute approximate surface area is 154 Å². The molecule has 5 nitrogen and oxygen atoms in total. The van der Waals surface area contributed by atoms with Crippen LogP contribution in [0.15, 0.2) is 29.5 Å². The molecule has 1 aliphatic rings. The monoisotopic (exact) mass is 385 g/mol. The van der Waals surface area contributed by atoms with E-state index in [4.69, 9.17) is 39.5 Å². The van der Waals surface area contributed by atoms with Gasteiger partial charge in [0, 0.05) is 23.2 Å². The first kappa shape index (κ1) is 17.1. The predicted molar refractivity (Wildman–Crippen MR) is 95.2 cm³/mol. The lowest BCUT2D eigenvalue weighted by Gasteiger charge is -2.14. The molecule has 1 N–H and O–H groups in total. The molecule has 1 aliphatic heterocycles. The number of carbonyl (C=O) groups excluding carboxylic acids is 1. The van der Waals surface area contributed by atoms with Crippen LogP contribution in [0.3, 0.4) is 0 Å². The zero-order chi connectivity index (χ0) is 17.4. The van der Waals surface area contributed by atoms with Crippen molar-refractivity contribution in [3.63, 3.8) is 0 Å². The molecular weight excluding hydrogens is 373 g/mol. The van der Waals surface area contributed by atoms with Crippen LogP contribution in [-0.4, -0.2) is 22.4 Å². The number of hydrogen-bond donors (Lipinski definition) is 1. The first-order valence-corrected chi connectivity index (χ1v) is 8.35. The van der Waals surface area contributed by atoms with Gasteiger partial charge in [-0.25, -0.2) is 9.48 Å². The molecule has 3 rings (SSSR count). The Kier molecular flexibility index (Phi) is 4.76. The molecule has 0 aliphatic carbocycles. The maximum absolute atomic E-state index is 11.7. The van der Waals surface area contributed by atoms with Crippen molar-refractivity contribution in [1.82, 2.24) is 9.78 Å². The van der Waals surface area contributed by atoms with Gasteiger partial charge < -0.3 is 10.1 Å². The minimum atomic E-state index is -0.301. The summed E-state index contributed by atoms with van der Waals surface area (Å²) in [6, 6.07) is 5.04. The number of anilines is 1. The van der Waals surface area contributed by atoms with E-state index in [-0.39, 0.29) is 5.97 Å². The standard InChI is InChI=1S/C16H14Cl3N3O2/c1-8-5-14(20-9(2)11-3-4-24-16(11)23)22(21-8)15-12(18)6-10(17)7-13(15)19/h5-7,20H,3-4H2,1-2H3. The van der Waals surface area contributed by atoms with Crippen LogP contribution < -0.4 is 5.32 Å². The maximum atomic E-state index is 11.7. The normalized spacial score (nSPS) is 16.3. The molecule has 2 aromatic rings. The van der Waals surface area contributed by atoms with Crippen LogP contribution in [0.25, 0.3) is 5.69 Å². The van der Waals surface area contributed by atoms with Crippen LogP contribution in [-0.2, 0) is 9.53 Å². The minimum Gasteiger partial charge on any atom is -0.462 e. The van der Waals surface area contributed by atoms with E-state index in [0.29, 0.717) is 50.9 Å². The van der Waals surface area contributed by atoms with E-state index < -0.39 is 0 Å². The third-order valence-electron chi connectivity index (χ3n) is 3.62. The Morgan fingerprint density at radius 3 is 2.50 bits per heavy atom. The molecule has 1 saturated heterocycles. The van der Waals surface area contributed by atoms with Crippen LogP contribution in [0.2, 0.25) is 15.1 Å². The number of aryl methyl sites for hydroxylation is 1. The molecule has 1 fully saturated rings. The van der Waals surface area contributed by atoms with Crippen molar-refractivity contribution in [2.45, 2.75) is 20.3 Å². The van der Waals surface area contributed by atoms with Crippen molar-refractivity contribution in [3.8, 4) is 5.69 Å². The van der Waals surface area contributed by atoms with Gasteiger partial charge in [-0.05, 0) is 26.0 Å². The van der Waals surface area contributed by atoms with Crippen molar-refractivity contribution < 1.29 is 9.53 Å². The van der Waals surface area contributed by atoms with Crippen LogP contribution >= 0.6 is 34.8 Å². The average molecular weight is 387 g/mol. The topological polar surface area (TPSA) is 56.1 Å². The first-order valence-electron chi connectivity index (χ1n) is 7.22. The average Bonchev–Trinajstić information content (AvgIpc) is 3.04. The Morgan fingerprint density at radius 1 is 1.25 bits per heavy atom. The van der Waals surface area contributed by atoms with Crippen molar-refractivity contribution in [1.29, 1.82) is 0 Å². The quantitative estimate of drug-likeness (QED) is 0.609. The number of carbonyl (C=O) groups is 1. The molecule has 24 heavy (non-hydrogen) atoms. The molecular formula is C16H14Cl3N3O2. The zero-order valence-electron chi connectivity index (χ0n) is 13.0. The molecule has 1 aromatic heterocycles. The van der Waals surface area contributed by atoms with E-state index >= 15 is 0 Å². The third kappa shape index (κ3) is 3.24. The van der Waals surface area contributed by atoms with Gasteiger partial charge in [-0.15, -0.1) is 0 Å². The molecule has 0 spiro atoms. The smallest absolute Gasteiger partial charge is 0.335 e. The van der Waals surface area contributed by atoms with Crippen LogP contribution in [0.1, 0.15) is 19.0 Å². The second-order valence-electron chi connectivity index (χ2n) is 5.42. The largest absolute Gasteiger partial charge is 0.462 e. The Bertz CT molecular complexity index is 835. The fraction of sp³-hybridized carbons (Fsp3) is 0.250. The number of esters is 1. The van der Waals surface area contributed by atoms with Crippen molar-refractivity contribution in [2.75, 3.05) is 11.9 Å². The number of cyclic esters (lactones) is 1. The highest BCUT2D eigenvalue weighted by Crippen LogP contribution is 2.34. The summed E-state index contributed by atoms with van der Waals surface area (Å²) in [5.41, 5.74) is 2.62. The Morgan fingerprint density at radius 2 is 1.92 bits per heavy atom. The highest BCUT2D eigenvalue weighted by atomic mass is 35.5. The molecule has 126 valence electrons. The molecule has 0 amide bonds. The van der Waals surface area contributed by atoms with E-state index in [0.717, 1.165) is 5.69 Å². The molecule has 8 heteroatoms. The lowest BCUT2D eigenvalue weighted by molar-refractivity contribution is -0.135. The minimum absolute atomic E-state index is 0.301. The summed E-state index contributed by atoms with van der Waals surface area (Å²) in [5.74, 6) is 0.341. The van der Waals surface area contributed by atoms with E-state index in [1.54, 1.807) is 16.8 Å². The van der Waals surface area contributed by atoms with Gasteiger partial charge in [0.25, 0.3) is 0 Å². The summed E-state index contributed by atoms with van der Waals surface area (Å²) in [4.78, 5) is 11.7. The van der Waals surface area contributed by atoms with Gasteiger partial charge in [0.1, 0.15) is 11.5 Å². The number of benzene rings is 1. The fourth-order valence-corrected chi connectivity index (χ4v) is 3.52. The molecule has 0 saturated carbocycles. The van der Waals surface area contributed by atoms with Gasteiger partial charge >= 0.3 is 5.97 Å². The zero-order valence-corrected chi connectivity index (χ0v) is 15.3. The van der Waals surface area contributed by atoms with Gasteiger partial charge in [-0.2, -0.15) is 5.10 Å².